The molecule has 0 aliphatic rings. The van der Waals surface area contributed by atoms with Crippen LogP contribution in [0.4, 0.5) is 0 Å². The van der Waals surface area contributed by atoms with E-state index in [-0.39, 0.29) is 5.78 Å². The van der Waals surface area contributed by atoms with Gasteiger partial charge in [-0.2, -0.15) is 0 Å². The minimum absolute atomic E-state index is 0.177. The molecule has 21 heavy (non-hydrogen) atoms. The van der Waals surface area contributed by atoms with E-state index in [0.717, 1.165) is 5.39 Å². The van der Waals surface area contributed by atoms with E-state index in [1.165, 1.54) is 0 Å². The largest absolute Gasteiger partial charge is 0.497 e. The predicted molar refractivity (Wildman–Crippen MR) is 79.2 cm³/mol. The molecule has 106 valence electrons. The lowest BCUT2D eigenvalue weighted by Crippen LogP contribution is -1.99. The third-order valence-corrected chi connectivity index (χ3v) is 3.28. The molecule has 0 aliphatic heterocycles. The Morgan fingerprint density at radius 1 is 0.952 bits per heavy atom. The van der Waals surface area contributed by atoms with Crippen molar-refractivity contribution in [3.63, 3.8) is 0 Å². The van der Waals surface area contributed by atoms with Gasteiger partial charge in [0.05, 0.1) is 14.2 Å². The van der Waals surface area contributed by atoms with Crippen LogP contribution in [0.1, 0.15) is 16.1 Å². The Bertz CT molecular complexity index is 801. The zero-order chi connectivity index (χ0) is 14.8. The van der Waals surface area contributed by atoms with Crippen molar-refractivity contribution in [2.24, 2.45) is 0 Å². The second-order valence-electron chi connectivity index (χ2n) is 4.58. The molecule has 0 saturated carbocycles. The number of furan rings is 1. The highest BCUT2D eigenvalue weighted by Gasteiger charge is 2.15. The monoisotopic (exact) mass is 282 g/mol. The highest BCUT2D eigenvalue weighted by molar-refractivity contribution is 6.09. The fraction of sp³-hybridized carbons (Fsp3) is 0.118. The normalized spacial score (nSPS) is 10.6. The van der Waals surface area contributed by atoms with E-state index in [1.54, 1.807) is 50.6 Å². The first-order valence-corrected chi connectivity index (χ1v) is 6.47. The van der Waals surface area contributed by atoms with Gasteiger partial charge in [-0.05, 0) is 30.3 Å². The molecule has 3 aromatic rings. The smallest absolute Gasteiger partial charge is 0.228 e. The van der Waals surface area contributed by atoms with Gasteiger partial charge in [0.1, 0.15) is 17.1 Å². The zero-order valence-electron chi connectivity index (χ0n) is 11.8. The lowest BCUT2D eigenvalue weighted by molar-refractivity contribution is 0.101. The maximum Gasteiger partial charge on any atom is 0.228 e. The van der Waals surface area contributed by atoms with Gasteiger partial charge in [0.2, 0.25) is 5.78 Å². The molecule has 1 heterocycles. The van der Waals surface area contributed by atoms with Crippen LogP contribution in [0.15, 0.2) is 52.9 Å². The summed E-state index contributed by atoms with van der Waals surface area (Å²) >= 11 is 0. The molecule has 0 fully saturated rings. The predicted octanol–water partition coefficient (Wildman–Crippen LogP) is 3.68. The second-order valence-corrected chi connectivity index (χ2v) is 4.58. The maximum atomic E-state index is 12.5. The van der Waals surface area contributed by atoms with E-state index in [4.69, 9.17) is 13.9 Å². The standard InChI is InChI=1S/C17H14O4/c1-19-13-5-3-4-12(8-13)17(18)16-9-11-6-7-14(20-2)10-15(11)21-16/h3-10H,1-2H3. The van der Waals surface area contributed by atoms with Gasteiger partial charge >= 0.3 is 0 Å². The van der Waals surface area contributed by atoms with Crippen molar-refractivity contribution < 1.29 is 18.7 Å². The van der Waals surface area contributed by atoms with Gasteiger partial charge in [-0.25, -0.2) is 0 Å². The summed E-state index contributed by atoms with van der Waals surface area (Å²) in [6, 6.07) is 14.2. The van der Waals surface area contributed by atoms with Gasteiger partial charge in [0.15, 0.2) is 5.76 Å². The number of ketones is 1. The number of carbonyl (C=O) groups is 1. The van der Waals surface area contributed by atoms with Crippen molar-refractivity contribution in [1.82, 2.24) is 0 Å². The first kappa shape index (κ1) is 13.2. The fourth-order valence-corrected chi connectivity index (χ4v) is 2.16. The summed E-state index contributed by atoms with van der Waals surface area (Å²) in [6.07, 6.45) is 0. The highest BCUT2D eigenvalue weighted by atomic mass is 16.5. The fourth-order valence-electron chi connectivity index (χ4n) is 2.16. The number of benzene rings is 2. The van der Waals surface area contributed by atoms with Crippen molar-refractivity contribution in [2.45, 2.75) is 0 Å². The molecule has 3 rings (SSSR count). The number of carbonyl (C=O) groups excluding carboxylic acids is 1. The maximum absolute atomic E-state index is 12.5. The number of fused-ring (bicyclic) bond motifs is 1. The average molecular weight is 282 g/mol. The van der Waals surface area contributed by atoms with Crippen LogP contribution in [0.25, 0.3) is 11.0 Å². The summed E-state index contributed by atoms with van der Waals surface area (Å²) < 4.78 is 15.9. The van der Waals surface area contributed by atoms with Crippen molar-refractivity contribution in [2.75, 3.05) is 14.2 Å². The van der Waals surface area contributed by atoms with E-state index < -0.39 is 0 Å². The van der Waals surface area contributed by atoms with E-state index in [0.29, 0.717) is 28.4 Å². The Balaban J connectivity index is 2.00. The summed E-state index contributed by atoms with van der Waals surface area (Å²) in [5, 5.41) is 0.863. The molecule has 0 aliphatic carbocycles. The second kappa shape index (κ2) is 5.32. The Kier molecular flexibility index (Phi) is 3.36. The molecule has 0 spiro atoms. The average Bonchev–Trinajstić information content (AvgIpc) is 2.97. The third-order valence-electron chi connectivity index (χ3n) is 3.28. The topological polar surface area (TPSA) is 48.7 Å². The number of methoxy groups -OCH3 is 2. The molecule has 1 aromatic heterocycles. The van der Waals surface area contributed by atoms with E-state index in [2.05, 4.69) is 0 Å². The van der Waals surface area contributed by atoms with Gasteiger partial charge in [0.25, 0.3) is 0 Å². The number of hydrogen-bond donors (Lipinski definition) is 0. The molecule has 0 bridgehead atoms. The van der Waals surface area contributed by atoms with Gasteiger partial charge < -0.3 is 13.9 Å². The molecular formula is C17H14O4. The van der Waals surface area contributed by atoms with Crippen LogP contribution in [0, 0.1) is 0 Å². The summed E-state index contributed by atoms with van der Waals surface area (Å²) in [6.45, 7) is 0. The number of hydrogen-bond acceptors (Lipinski definition) is 4. The molecule has 4 heteroatoms. The molecule has 2 aromatic carbocycles. The Labute approximate surface area is 121 Å². The van der Waals surface area contributed by atoms with Crippen molar-refractivity contribution >= 4 is 16.8 Å². The van der Waals surface area contributed by atoms with Crippen LogP contribution in [-0.4, -0.2) is 20.0 Å². The van der Waals surface area contributed by atoms with Crippen LogP contribution < -0.4 is 9.47 Å². The van der Waals surface area contributed by atoms with Crippen LogP contribution >= 0.6 is 0 Å². The minimum atomic E-state index is -0.177. The lowest BCUT2D eigenvalue weighted by Gasteiger charge is -2.01. The molecule has 4 nitrogen and oxygen atoms in total. The van der Waals surface area contributed by atoms with Gasteiger partial charge in [-0.3, -0.25) is 4.79 Å². The Morgan fingerprint density at radius 3 is 2.48 bits per heavy atom. The first-order valence-electron chi connectivity index (χ1n) is 6.47. The van der Waals surface area contributed by atoms with Crippen LogP contribution in [0.5, 0.6) is 11.5 Å². The Hall–Kier alpha value is -2.75. The summed E-state index contributed by atoms with van der Waals surface area (Å²) in [5.74, 6) is 1.45. The number of ether oxygens (including phenoxy) is 2. The minimum Gasteiger partial charge on any atom is -0.497 e. The molecule has 0 amide bonds. The van der Waals surface area contributed by atoms with Crippen molar-refractivity contribution in [3.8, 4) is 11.5 Å². The third kappa shape index (κ3) is 2.48. The molecule has 0 unspecified atom stereocenters. The lowest BCUT2D eigenvalue weighted by atomic mass is 10.1. The highest BCUT2D eigenvalue weighted by Crippen LogP contribution is 2.26. The molecule has 0 saturated heterocycles. The van der Waals surface area contributed by atoms with Crippen molar-refractivity contribution in [1.29, 1.82) is 0 Å². The van der Waals surface area contributed by atoms with E-state index in [9.17, 15) is 4.79 Å². The van der Waals surface area contributed by atoms with Crippen LogP contribution in [-0.2, 0) is 0 Å². The summed E-state index contributed by atoms with van der Waals surface area (Å²) in [7, 11) is 3.16. The van der Waals surface area contributed by atoms with Gasteiger partial charge in [-0.15, -0.1) is 0 Å². The molecule has 0 atom stereocenters. The first-order chi connectivity index (χ1) is 10.2. The van der Waals surface area contributed by atoms with Gasteiger partial charge in [0, 0.05) is 17.0 Å². The van der Waals surface area contributed by atoms with Crippen LogP contribution in [0.3, 0.4) is 0 Å². The summed E-state index contributed by atoms with van der Waals surface area (Å²) in [4.78, 5) is 12.5. The Morgan fingerprint density at radius 2 is 1.71 bits per heavy atom. The quantitative estimate of drug-likeness (QED) is 0.685. The van der Waals surface area contributed by atoms with E-state index in [1.807, 2.05) is 12.1 Å². The zero-order valence-corrected chi connectivity index (χ0v) is 11.8. The molecule has 0 N–H and O–H groups in total. The summed E-state index contributed by atoms with van der Waals surface area (Å²) in [5.41, 5.74) is 1.15. The van der Waals surface area contributed by atoms with E-state index >= 15 is 0 Å². The van der Waals surface area contributed by atoms with Crippen molar-refractivity contribution in [3.05, 3.63) is 59.9 Å². The SMILES string of the molecule is COc1cccc(C(=O)c2cc3ccc(OC)cc3o2)c1. The molecule has 0 radical (unpaired) electrons. The van der Waals surface area contributed by atoms with Gasteiger partial charge in [-0.1, -0.05) is 12.1 Å². The molecular weight excluding hydrogens is 268 g/mol. The number of rotatable bonds is 4. The van der Waals surface area contributed by atoms with Crippen LogP contribution in [0.2, 0.25) is 0 Å².